The highest BCUT2D eigenvalue weighted by molar-refractivity contribution is 5.74. The molecular weight excluding hydrogens is 198 g/mol. The van der Waals surface area contributed by atoms with Crippen molar-refractivity contribution in [3.8, 4) is 0 Å². The van der Waals surface area contributed by atoms with Gasteiger partial charge in [-0.25, -0.2) is 9.97 Å². The summed E-state index contributed by atoms with van der Waals surface area (Å²) in [6, 6.07) is 2.07. The first-order chi connectivity index (χ1) is 7.58. The van der Waals surface area contributed by atoms with Gasteiger partial charge in [-0.15, -0.1) is 0 Å². The molecule has 2 heterocycles. The minimum Gasteiger partial charge on any atom is -0.340 e. The molecule has 0 saturated heterocycles. The Kier molecular flexibility index (Phi) is 4.05. The molecule has 0 aliphatic carbocycles. The van der Waals surface area contributed by atoms with Crippen molar-refractivity contribution in [3.63, 3.8) is 0 Å². The van der Waals surface area contributed by atoms with Gasteiger partial charge in [0.1, 0.15) is 5.82 Å². The second-order valence-corrected chi connectivity index (χ2v) is 4.06. The number of rotatable bonds is 1. The first-order valence-electron chi connectivity index (χ1n) is 5.92. The molecule has 0 bridgehead atoms. The minimum absolute atomic E-state index is 0.420. The lowest BCUT2D eigenvalue weighted by atomic mass is 10.2. The number of aromatic amines is 1. The van der Waals surface area contributed by atoms with Gasteiger partial charge in [-0.05, 0) is 25.5 Å². The zero-order chi connectivity index (χ0) is 12.3. The van der Waals surface area contributed by atoms with Crippen LogP contribution in [0.5, 0.6) is 0 Å². The fourth-order valence-corrected chi connectivity index (χ4v) is 1.60. The van der Waals surface area contributed by atoms with E-state index in [1.807, 2.05) is 20.8 Å². The zero-order valence-corrected chi connectivity index (χ0v) is 11.0. The summed E-state index contributed by atoms with van der Waals surface area (Å²) in [7, 11) is 0. The number of imidazole rings is 1. The van der Waals surface area contributed by atoms with Gasteiger partial charge in [-0.3, -0.25) is 0 Å². The standard InChI is InChI=1S/C11H15N3.C2H6/c1-6(2)10-13-9-7(3)5-8(4)12-11(9)14-10;1-2/h5-6H,1-4H3,(H,12,13,14);1-2H3. The lowest BCUT2D eigenvalue weighted by Crippen LogP contribution is -1.88. The molecule has 0 fully saturated rings. The molecule has 0 aromatic carbocycles. The van der Waals surface area contributed by atoms with E-state index in [0.29, 0.717) is 5.92 Å². The van der Waals surface area contributed by atoms with Gasteiger partial charge < -0.3 is 4.98 Å². The summed E-state index contributed by atoms with van der Waals surface area (Å²) in [5, 5.41) is 0. The van der Waals surface area contributed by atoms with E-state index < -0.39 is 0 Å². The molecule has 2 aromatic heterocycles. The van der Waals surface area contributed by atoms with Crippen LogP contribution >= 0.6 is 0 Å². The Bertz CT molecular complexity index is 469. The Morgan fingerprint density at radius 3 is 2.31 bits per heavy atom. The van der Waals surface area contributed by atoms with Crippen LogP contribution in [0.1, 0.15) is 50.7 Å². The normalized spacial score (nSPS) is 10.4. The molecule has 88 valence electrons. The largest absolute Gasteiger partial charge is 0.340 e. The van der Waals surface area contributed by atoms with E-state index in [1.165, 1.54) is 5.56 Å². The number of aromatic nitrogens is 3. The molecular formula is C13H21N3. The highest BCUT2D eigenvalue weighted by Crippen LogP contribution is 2.18. The number of hydrogen-bond acceptors (Lipinski definition) is 2. The van der Waals surface area contributed by atoms with Gasteiger partial charge in [0.05, 0.1) is 5.52 Å². The third-order valence-electron chi connectivity index (χ3n) is 2.35. The molecule has 1 N–H and O–H groups in total. The molecule has 2 aromatic rings. The van der Waals surface area contributed by atoms with E-state index in [1.54, 1.807) is 0 Å². The Morgan fingerprint density at radius 1 is 1.12 bits per heavy atom. The van der Waals surface area contributed by atoms with Crippen LogP contribution in [-0.2, 0) is 0 Å². The second-order valence-electron chi connectivity index (χ2n) is 4.06. The van der Waals surface area contributed by atoms with Gasteiger partial charge in [0.2, 0.25) is 0 Å². The maximum atomic E-state index is 4.47. The molecule has 0 saturated carbocycles. The van der Waals surface area contributed by atoms with Gasteiger partial charge in [0, 0.05) is 11.6 Å². The number of hydrogen-bond donors (Lipinski definition) is 1. The fraction of sp³-hybridized carbons (Fsp3) is 0.538. The minimum atomic E-state index is 0.420. The Balaban J connectivity index is 0.000000606. The monoisotopic (exact) mass is 219 g/mol. The van der Waals surface area contributed by atoms with Crippen molar-refractivity contribution < 1.29 is 0 Å². The van der Waals surface area contributed by atoms with E-state index in [4.69, 9.17) is 0 Å². The van der Waals surface area contributed by atoms with Crippen LogP contribution in [0.25, 0.3) is 11.2 Å². The summed E-state index contributed by atoms with van der Waals surface area (Å²) in [5.74, 6) is 1.44. The van der Waals surface area contributed by atoms with Gasteiger partial charge in [0.25, 0.3) is 0 Å². The predicted molar refractivity (Wildman–Crippen MR) is 68.8 cm³/mol. The third-order valence-corrected chi connectivity index (χ3v) is 2.35. The molecule has 0 spiro atoms. The summed E-state index contributed by atoms with van der Waals surface area (Å²) in [6.45, 7) is 12.3. The first kappa shape index (κ1) is 12.7. The van der Waals surface area contributed by atoms with Crippen molar-refractivity contribution in [3.05, 3.63) is 23.1 Å². The van der Waals surface area contributed by atoms with Crippen molar-refractivity contribution in [1.29, 1.82) is 0 Å². The highest BCUT2D eigenvalue weighted by Gasteiger charge is 2.09. The van der Waals surface area contributed by atoms with Crippen LogP contribution in [0.3, 0.4) is 0 Å². The predicted octanol–water partition coefficient (Wildman–Crippen LogP) is 3.72. The van der Waals surface area contributed by atoms with Crippen LogP contribution < -0.4 is 0 Å². The SMILES string of the molecule is CC.Cc1cc(C)c2[nH]c(C(C)C)nc2n1. The van der Waals surface area contributed by atoms with E-state index in [9.17, 15) is 0 Å². The molecule has 0 aliphatic heterocycles. The molecule has 0 unspecified atom stereocenters. The number of fused-ring (bicyclic) bond motifs is 1. The van der Waals surface area contributed by atoms with E-state index in [-0.39, 0.29) is 0 Å². The van der Waals surface area contributed by atoms with Gasteiger partial charge in [-0.1, -0.05) is 27.7 Å². The van der Waals surface area contributed by atoms with Crippen LogP contribution in [0, 0.1) is 13.8 Å². The smallest absolute Gasteiger partial charge is 0.178 e. The molecule has 3 heteroatoms. The number of H-pyrrole nitrogens is 1. The van der Waals surface area contributed by atoms with Crippen molar-refractivity contribution in [1.82, 2.24) is 15.0 Å². The van der Waals surface area contributed by atoms with Crippen LogP contribution in [0.4, 0.5) is 0 Å². The molecule has 0 radical (unpaired) electrons. The van der Waals surface area contributed by atoms with Crippen molar-refractivity contribution in [2.75, 3.05) is 0 Å². The summed E-state index contributed by atoms with van der Waals surface area (Å²) in [6.07, 6.45) is 0. The van der Waals surface area contributed by atoms with Crippen LogP contribution in [-0.4, -0.2) is 15.0 Å². The number of nitrogens with zero attached hydrogens (tertiary/aromatic N) is 2. The summed E-state index contributed by atoms with van der Waals surface area (Å²) < 4.78 is 0. The topological polar surface area (TPSA) is 41.6 Å². The highest BCUT2D eigenvalue weighted by atomic mass is 15.0. The van der Waals surface area contributed by atoms with E-state index >= 15 is 0 Å². The van der Waals surface area contributed by atoms with Crippen molar-refractivity contribution in [2.45, 2.75) is 47.5 Å². The molecule has 2 rings (SSSR count). The quantitative estimate of drug-likeness (QED) is 0.794. The van der Waals surface area contributed by atoms with Crippen LogP contribution in [0.2, 0.25) is 0 Å². The summed E-state index contributed by atoms with van der Waals surface area (Å²) in [5.41, 5.74) is 4.15. The lowest BCUT2D eigenvalue weighted by molar-refractivity contribution is 0.798. The molecule has 0 aliphatic rings. The Labute approximate surface area is 97.3 Å². The van der Waals surface area contributed by atoms with E-state index in [0.717, 1.165) is 22.7 Å². The zero-order valence-electron chi connectivity index (χ0n) is 11.0. The molecule has 16 heavy (non-hydrogen) atoms. The third kappa shape index (κ3) is 2.40. The Morgan fingerprint density at radius 2 is 1.75 bits per heavy atom. The molecule has 0 atom stereocenters. The van der Waals surface area contributed by atoms with Crippen molar-refractivity contribution in [2.24, 2.45) is 0 Å². The second kappa shape index (κ2) is 5.10. The average Bonchev–Trinajstić information content (AvgIpc) is 2.64. The fourth-order valence-electron chi connectivity index (χ4n) is 1.60. The maximum Gasteiger partial charge on any atom is 0.178 e. The summed E-state index contributed by atoms with van der Waals surface area (Å²) in [4.78, 5) is 12.2. The van der Waals surface area contributed by atoms with Gasteiger partial charge >= 0.3 is 0 Å². The number of nitrogens with one attached hydrogen (secondary N) is 1. The van der Waals surface area contributed by atoms with E-state index in [2.05, 4.69) is 41.8 Å². The lowest BCUT2D eigenvalue weighted by Gasteiger charge is -1.96. The maximum absolute atomic E-state index is 4.47. The molecule has 3 nitrogen and oxygen atoms in total. The first-order valence-corrected chi connectivity index (χ1v) is 5.92. The summed E-state index contributed by atoms with van der Waals surface area (Å²) >= 11 is 0. The Hall–Kier alpha value is -1.38. The van der Waals surface area contributed by atoms with Crippen molar-refractivity contribution >= 4 is 11.2 Å². The average molecular weight is 219 g/mol. The van der Waals surface area contributed by atoms with Crippen LogP contribution in [0.15, 0.2) is 6.07 Å². The number of aryl methyl sites for hydroxylation is 2. The van der Waals surface area contributed by atoms with Gasteiger partial charge in [-0.2, -0.15) is 0 Å². The van der Waals surface area contributed by atoms with Gasteiger partial charge in [0.15, 0.2) is 5.65 Å². The number of pyridine rings is 1. The molecule has 0 amide bonds.